The maximum absolute atomic E-state index is 10.4. The van der Waals surface area contributed by atoms with Crippen LogP contribution in [0.25, 0.3) is 0 Å². The van der Waals surface area contributed by atoms with Crippen LogP contribution in [0.4, 0.5) is 0 Å². The molecule has 0 amide bonds. The largest absolute Gasteiger partial charge is 0.488 e. The highest BCUT2D eigenvalue weighted by Crippen LogP contribution is 2.02. The van der Waals surface area contributed by atoms with Crippen LogP contribution in [0.5, 0.6) is 0 Å². The van der Waals surface area contributed by atoms with E-state index in [0.717, 1.165) is 5.56 Å². The van der Waals surface area contributed by atoms with Crippen LogP contribution in [-0.4, -0.2) is 28.2 Å². The van der Waals surface area contributed by atoms with Gasteiger partial charge < -0.3 is 15.2 Å². The van der Waals surface area contributed by atoms with E-state index >= 15 is 0 Å². The molecule has 0 spiro atoms. The number of carboxylic acid groups (broad SMARTS) is 1. The van der Waals surface area contributed by atoms with Gasteiger partial charge in [-0.3, -0.25) is 4.79 Å². The number of hydrogen-bond donors (Lipinski definition) is 3. The molecule has 1 aromatic carbocycles. The zero-order chi connectivity index (χ0) is 10.7. The van der Waals surface area contributed by atoms with Gasteiger partial charge in [0.05, 0.1) is 6.42 Å². The molecule has 1 aromatic rings. The van der Waals surface area contributed by atoms with E-state index in [4.69, 9.17) is 15.2 Å². The molecule has 0 aliphatic rings. The first-order valence-electron chi connectivity index (χ1n) is 4.18. The second-order valence-corrected chi connectivity index (χ2v) is 3.14. The molecule has 0 aliphatic heterocycles. The fourth-order valence-electron chi connectivity index (χ4n) is 1.25. The van der Waals surface area contributed by atoms with Crippen molar-refractivity contribution in [1.82, 2.24) is 0 Å². The van der Waals surface area contributed by atoms with E-state index in [2.05, 4.69) is 0 Å². The standard InChI is InChI=1S/C9H11BO4/c1-6-2-3-7(5-9(11)12)4-8(6)10(13)14/h2-4,13-14H,5H2,1H3,(H,11,12). The molecule has 0 radical (unpaired) electrons. The lowest BCUT2D eigenvalue weighted by atomic mass is 9.76. The Labute approximate surface area is 82.0 Å². The molecule has 0 saturated heterocycles. The second kappa shape index (κ2) is 4.26. The molecule has 0 fully saturated rings. The second-order valence-electron chi connectivity index (χ2n) is 3.14. The zero-order valence-corrected chi connectivity index (χ0v) is 7.77. The molecule has 0 atom stereocenters. The third-order valence-electron chi connectivity index (χ3n) is 1.98. The summed E-state index contributed by atoms with van der Waals surface area (Å²) in [7, 11) is -1.55. The summed E-state index contributed by atoms with van der Waals surface area (Å²) in [4.78, 5) is 10.4. The highest BCUT2D eigenvalue weighted by atomic mass is 16.4. The van der Waals surface area contributed by atoms with Crippen molar-refractivity contribution in [3.8, 4) is 0 Å². The fourth-order valence-corrected chi connectivity index (χ4v) is 1.25. The van der Waals surface area contributed by atoms with Gasteiger partial charge in [-0.25, -0.2) is 0 Å². The summed E-state index contributed by atoms with van der Waals surface area (Å²) in [5.41, 5.74) is 1.64. The molecule has 14 heavy (non-hydrogen) atoms. The lowest BCUT2D eigenvalue weighted by Crippen LogP contribution is -2.32. The van der Waals surface area contributed by atoms with E-state index < -0.39 is 13.1 Å². The summed E-state index contributed by atoms with van der Waals surface area (Å²) >= 11 is 0. The van der Waals surface area contributed by atoms with E-state index in [9.17, 15) is 4.79 Å². The number of rotatable bonds is 3. The van der Waals surface area contributed by atoms with Gasteiger partial charge in [0, 0.05) is 0 Å². The maximum Gasteiger partial charge on any atom is 0.488 e. The highest BCUT2D eigenvalue weighted by molar-refractivity contribution is 6.59. The Balaban J connectivity index is 3.00. The zero-order valence-electron chi connectivity index (χ0n) is 7.77. The Morgan fingerprint density at radius 1 is 1.43 bits per heavy atom. The third-order valence-corrected chi connectivity index (χ3v) is 1.98. The molecule has 4 nitrogen and oxygen atoms in total. The Kier molecular flexibility index (Phi) is 3.27. The van der Waals surface area contributed by atoms with Crippen molar-refractivity contribution in [3.05, 3.63) is 29.3 Å². The topological polar surface area (TPSA) is 77.8 Å². The van der Waals surface area contributed by atoms with E-state index in [1.807, 2.05) is 0 Å². The Morgan fingerprint density at radius 3 is 2.57 bits per heavy atom. The van der Waals surface area contributed by atoms with E-state index in [1.165, 1.54) is 6.07 Å². The van der Waals surface area contributed by atoms with Crippen molar-refractivity contribution in [2.45, 2.75) is 13.3 Å². The molecule has 0 saturated carbocycles. The minimum absolute atomic E-state index is 0.111. The van der Waals surface area contributed by atoms with Gasteiger partial charge in [-0.1, -0.05) is 23.8 Å². The van der Waals surface area contributed by atoms with Gasteiger partial charge in [0.25, 0.3) is 0 Å². The highest BCUT2D eigenvalue weighted by Gasteiger charge is 2.14. The number of benzene rings is 1. The molecule has 74 valence electrons. The minimum Gasteiger partial charge on any atom is -0.481 e. The minimum atomic E-state index is -1.55. The first-order valence-corrected chi connectivity index (χ1v) is 4.18. The van der Waals surface area contributed by atoms with Crippen molar-refractivity contribution in [3.63, 3.8) is 0 Å². The van der Waals surface area contributed by atoms with Crippen LogP contribution in [0.3, 0.4) is 0 Å². The molecule has 1 rings (SSSR count). The molecule has 0 aliphatic carbocycles. The summed E-state index contributed by atoms with van der Waals surface area (Å²) in [5.74, 6) is -0.938. The normalized spacial score (nSPS) is 9.93. The first-order chi connectivity index (χ1) is 6.50. The van der Waals surface area contributed by atoms with Crippen molar-refractivity contribution in [2.75, 3.05) is 0 Å². The SMILES string of the molecule is Cc1ccc(CC(=O)O)cc1B(O)O. The van der Waals surface area contributed by atoms with Gasteiger partial charge in [0.1, 0.15) is 0 Å². The fraction of sp³-hybridized carbons (Fsp3) is 0.222. The molecule has 3 N–H and O–H groups in total. The lowest BCUT2D eigenvalue weighted by molar-refractivity contribution is -0.136. The van der Waals surface area contributed by atoms with Crippen molar-refractivity contribution in [2.24, 2.45) is 0 Å². The van der Waals surface area contributed by atoms with Gasteiger partial charge in [-0.2, -0.15) is 0 Å². The monoisotopic (exact) mass is 194 g/mol. The molecule has 5 heteroatoms. The van der Waals surface area contributed by atoms with Crippen molar-refractivity contribution in [1.29, 1.82) is 0 Å². The van der Waals surface area contributed by atoms with E-state index in [0.29, 0.717) is 11.0 Å². The van der Waals surface area contributed by atoms with Gasteiger partial charge in [-0.15, -0.1) is 0 Å². The number of aliphatic carboxylic acids is 1. The van der Waals surface area contributed by atoms with Gasteiger partial charge in [0.2, 0.25) is 0 Å². The summed E-state index contributed by atoms with van der Waals surface area (Å²) < 4.78 is 0. The molecule has 0 bridgehead atoms. The molecule has 0 heterocycles. The van der Waals surface area contributed by atoms with Gasteiger partial charge in [-0.05, 0) is 17.9 Å². The first kappa shape index (κ1) is 10.8. The average molecular weight is 194 g/mol. The van der Waals surface area contributed by atoms with Crippen molar-refractivity contribution < 1.29 is 19.9 Å². The number of aryl methyl sites for hydroxylation is 1. The van der Waals surface area contributed by atoms with Crippen LogP contribution < -0.4 is 5.46 Å². The Bertz CT molecular complexity index is 349. The molecular weight excluding hydrogens is 183 g/mol. The summed E-state index contributed by atoms with van der Waals surface area (Å²) in [5, 5.41) is 26.5. The maximum atomic E-state index is 10.4. The van der Waals surface area contributed by atoms with Crippen LogP contribution in [0.2, 0.25) is 0 Å². The van der Waals surface area contributed by atoms with Crippen LogP contribution in [0.15, 0.2) is 18.2 Å². The molecule has 0 unspecified atom stereocenters. The predicted molar refractivity (Wildman–Crippen MR) is 52.3 cm³/mol. The predicted octanol–water partition coefficient (Wildman–Crippen LogP) is -0.698. The lowest BCUT2D eigenvalue weighted by Gasteiger charge is -2.06. The van der Waals surface area contributed by atoms with Crippen molar-refractivity contribution >= 4 is 18.6 Å². The number of hydrogen-bond acceptors (Lipinski definition) is 3. The summed E-state index contributed by atoms with van der Waals surface area (Å²) in [6.07, 6.45) is -0.111. The Hall–Kier alpha value is -1.33. The van der Waals surface area contributed by atoms with Crippen LogP contribution >= 0.6 is 0 Å². The van der Waals surface area contributed by atoms with Gasteiger partial charge in [0.15, 0.2) is 0 Å². The summed E-state index contributed by atoms with van der Waals surface area (Å²) in [6, 6.07) is 4.83. The van der Waals surface area contributed by atoms with E-state index in [1.54, 1.807) is 19.1 Å². The van der Waals surface area contributed by atoms with Crippen LogP contribution in [0.1, 0.15) is 11.1 Å². The molecular formula is C9H11BO4. The van der Waals surface area contributed by atoms with Crippen LogP contribution in [-0.2, 0) is 11.2 Å². The van der Waals surface area contributed by atoms with Crippen LogP contribution in [0, 0.1) is 6.92 Å². The average Bonchev–Trinajstić information content (AvgIpc) is 2.07. The van der Waals surface area contributed by atoms with Gasteiger partial charge >= 0.3 is 13.1 Å². The molecule has 0 aromatic heterocycles. The Morgan fingerprint density at radius 2 is 2.07 bits per heavy atom. The quantitative estimate of drug-likeness (QED) is 0.556. The smallest absolute Gasteiger partial charge is 0.481 e. The van der Waals surface area contributed by atoms with E-state index in [-0.39, 0.29) is 6.42 Å². The number of carboxylic acids is 1. The summed E-state index contributed by atoms with van der Waals surface area (Å²) in [6.45, 7) is 1.74. The number of carbonyl (C=O) groups is 1. The third kappa shape index (κ3) is 2.58.